The van der Waals surface area contributed by atoms with Crippen LogP contribution in [0.4, 0.5) is 11.6 Å². The zero-order valence-electron chi connectivity index (χ0n) is 13.1. The second kappa shape index (κ2) is 7.19. The summed E-state index contributed by atoms with van der Waals surface area (Å²) >= 11 is 0. The van der Waals surface area contributed by atoms with Gasteiger partial charge in [0.1, 0.15) is 5.69 Å². The monoisotopic (exact) mass is 312 g/mol. The van der Waals surface area contributed by atoms with Crippen LogP contribution in [0.2, 0.25) is 0 Å². The van der Waals surface area contributed by atoms with Gasteiger partial charge in [-0.1, -0.05) is 18.2 Å². The molecule has 1 unspecified atom stereocenters. The fourth-order valence-electron chi connectivity index (χ4n) is 2.48. The van der Waals surface area contributed by atoms with E-state index in [-0.39, 0.29) is 12.0 Å². The van der Waals surface area contributed by atoms with E-state index in [1.165, 1.54) is 0 Å². The molecule has 1 atom stereocenters. The highest BCUT2D eigenvalue weighted by Gasteiger charge is 2.16. The van der Waals surface area contributed by atoms with Gasteiger partial charge < -0.3 is 15.4 Å². The number of aromatic nitrogens is 2. The van der Waals surface area contributed by atoms with Crippen LogP contribution in [-0.2, 0) is 4.74 Å². The summed E-state index contributed by atoms with van der Waals surface area (Å²) in [5.74, 6) is 0.194. The number of aryl methyl sites for hydroxylation is 1. The summed E-state index contributed by atoms with van der Waals surface area (Å²) in [5, 5.41) is 6.00. The zero-order valence-corrected chi connectivity index (χ0v) is 13.1. The van der Waals surface area contributed by atoms with Crippen molar-refractivity contribution in [2.45, 2.75) is 25.9 Å². The van der Waals surface area contributed by atoms with Crippen LogP contribution in [0, 0.1) is 6.92 Å². The summed E-state index contributed by atoms with van der Waals surface area (Å²) in [7, 11) is 0. The van der Waals surface area contributed by atoms with Gasteiger partial charge in [0.15, 0.2) is 0 Å². The Kier molecular flexibility index (Phi) is 4.83. The standard InChI is InChI=1S/C17H20N4O2/c1-12-5-2-3-7-14(12)20-16(22)15-8-9-18-17(21-15)19-11-13-6-4-10-23-13/h2-3,5,7-9,13H,4,6,10-11H2,1H3,(H,20,22)(H,18,19,21). The summed E-state index contributed by atoms with van der Waals surface area (Å²) in [4.78, 5) is 20.7. The first-order valence-electron chi connectivity index (χ1n) is 7.78. The number of nitrogens with zero attached hydrogens (tertiary/aromatic N) is 2. The molecule has 0 radical (unpaired) electrons. The molecule has 3 rings (SSSR count). The van der Waals surface area contributed by atoms with Gasteiger partial charge in [-0.3, -0.25) is 4.79 Å². The summed E-state index contributed by atoms with van der Waals surface area (Å²) in [5.41, 5.74) is 2.12. The smallest absolute Gasteiger partial charge is 0.274 e. The van der Waals surface area contributed by atoms with E-state index in [1.807, 2.05) is 31.2 Å². The van der Waals surface area contributed by atoms with Crippen molar-refractivity contribution in [3.8, 4) is 0 Å². The van der Waals surface area contributed by atoms with Gasteiger partial charge in [-0.2, -0.15) is 0 Å². The number of nitrogens with one attached hydrogen (secondary N) is 2. The van der Waals surface area contributed by atoms with E-state index in [9.17, 15) is 4.79 Å². The predicted molar refractivity (Wildman–Crippen MR) is 88.6 cm³/mol. The molecule has 0 spiro atoms. The molecule has 1 aromatic carbocycles. The van der Waals surface area contributed by atoms with Gasteiger partial charge in [-0.05, 0) is 37.5 Å². The lowest BCUT2D eigenvalue weighted by atomic mass is 10.2. The van der Waals surface area contributed by atoms with Crippen molar-refractivity contribution >= 4 is 17.5 Å². The summed E-state index contributed by atoms with van der Waals surface area (Å²) in [6.45, 7) is 3.42. The summed E-state index contributed by atoms with van der Waals surface area (Å²) < 4.78 is 5.55. The van der Waals surface area contributed by atoms with Crippen LogP contribution in [0.3, 0.4) is 0 Å². The Balaban J connectivity index is 1.64. The number of carbonyl (C=O) groups is 1. The molecule has 0 bridgehead atoms. The average Bonchev–Trinajstić information content (AvgIpc) is 3.09. The number of hydrogen-bond donors (Lipinski definition) is 2. The summed E-state index contributed by atoms with van der Waals surface area (Å²) in [6, 6.07) is 9.24. The van der Waals surface area contributed by atoms with Gasteiger partial charge >= 0.3 is 0 Å². The number of para-hydroxylation sites is 1. The Morgan fingerprint density at radius 1 is 1.35 bits per heavy atom. The number of carbonyl (C=O) groups excluding carboxylic acids is 1. The fourth-order valence-corrected chi connectivity index (χ4v) is 2.48. The maximum Gasteiger partial charge on any atom is 0.274 e. The quantitative estimate of drug-likeness (QED) is 0.887. The molecule has 2 heterocycles. The van der Waals surface area contributed by atoms with Crippen molar-refractivity contribution in [2.75, 3.05) is 23.8 Å². The summed E-state index contributed by atoms with van der Waals surface area (Å²) in [6.07, 6.45) is 3.91. The van der Waals surface area contributed by atoms with Crippen molar-refractivity contribution in [3.05, 3.63) is 47.8 Å². The molecule has 0 saturated carbocycles. The maximum atomic E-state index is 12.3. The molecular weight excluding hydrogens is 292 g/mol. The molecule has 1 aliphatic rings. The highest BCUT2D eigenvalue weighted by atomic mass is 16.5. The van der Waals surface area contributed by atoms with Crippen LogP contribution in [-0.4, -0.2) is 35.1 Å². The molecule has 6 nitrogen and oxygen atoms in total. The Labute approximate surface area is 135 Å². The van der Waals surface area contributed by atoms with Gasteiger partial charge in [0, 0.05) is 25.0 Å². The van der Waals surface area contributed by atoms with Gasteiger partial charge in [-0.25, -0.2) is 9.97 Å². The lowest BCUT2D eigenvalue weighted by molar-refractivity contribution is 0.102. The SMILES string of the molecule is Cc1ccccc1NC(=O)c1ccnc(NCC2CCCO2)n1. The van der Waals surface area contributed by atoms with Gasteiger partial charge in [0.25, 0.3) is 5.91 Å². The number of rotatable bonds is 5. The van der Waals surface area contributed by atoms with Crippen LogP contribution in [0.15, 0.2) is 36.5 Å². The second-order valence-corrected chi connectivity index (χ2v) is 5.55. The van der Waals surface area contributed by atoms with E-state index >= 15 is 0 Å². The van der Waals surface area contributed by atoms with Crippen LogP contribution in [0.5, 0.6) is 0 Å². The maximum absolute atomic E-state index is 12.3. The highest BCUT2D eigenvalue weighted by Crippen LogP contribution is 2.15. The number of anilines is 2. The van der Waals surface area contributed by atoms with Crippen molar-refractivity contribution in [3.63, 3.8) is 0 Å². The van der Waals surface area contributed by atoms with Gasteiger partial charge in [0.05, 0.1) is 6.10 Å². The van der Waals surface area contributed by atoms with Gasteiger partial charge in [-0.15, -0.1) is 0 Å². The predicted octanol–water partition coefficient (Wildman–Crippen LogP) is 2.63. The lowest BCUT2D eigenvalue weighted by Gasteiger charge is -2.11. The van der Waals surface area contributed by atoms with Crippen molar-refractivity contribution < 1.29 is 9.53 Å². The Hall–Kier alpha value is -2.47. The number of benzene rings is 1. The van der Waals surface area contributed by atoms with Gasteiger partial charge in [0.2, 0.25) is 5.95 Å². The van der Waals surface area contributed by atoms with Crippen molar-refractivity contribution in [2.24, 2.45) is 0 Å². The molecule has 2 N–H and O–H groups in total. The average molecular weight is 312 g/mol. The van der Waals surface area contributed by atoms with E-state index in [0.29, 0.717) is 18.2 Å². The molecule has 1 fully saturated rings. The lowest BCUT2D eigenvalue weighted by Crippen LogP contribution is -2.21. The minimum atomic E-state index is -0.248. The molecule has 1 aliphatic heterocycles. The van der Waals surface area contributed by atoms with E-state index in [1.54, 1.807) is 12.3 Å². The second-order valence-electron chi connectivity index (χ2n) is 5.55. The topological polar surface area (TPSA) is 76.1 Å². The number of ether oxygens (including phenoxy) is 1. The van der Waals surface area contributed by atoms with E-state index in [4.69, 9.17) is 4.74 Å². The number of hydrogen-bond acceptors (Lipinski definition) is 5. The molecular formula is C17H20N4O2. The van der Waals surface area contributed by atoms with Crippen molar-refractivity contribution in [1.82, 2.24) is 9.97 Å². The first-order chi connectivity index (χ1) is 11.2. The van der Waals surface area contributed by atoms with Crippen molar-refractivity contribution in [1.29, 1.82) is 0 Å². The molecule has 23 heavy (non-hydrogen) atoms. The fraction of sp³-hybridized carbons (Fsp3) is 0.353. The number of amides is 1. The third-order valence-electron chi connectivity index (χ3n) is 3.79. The first-order valence-corrected chi connectivity index (χ1v) is 7.78. The zero-order chi connectivity index (χ0) is 16.1. The Bertz CT molecular complexity index is 684. The molecule has 1 amide bonds. The molecule has 0 aliphatic carbocycles. The Morgan fingerprint density at radius 3 is 3.00 bits per heavy atom. The molecule has 6 heteroatoms. The van der Waals surface area contributed by atoms with E-state index in [0.717, 1.165) is 30.7 Å². The molecule has 1 saturated heterocycles. The molecule has 120 valence electrons. The van der Waals surface area contributed by atoms with Crippen LogP contribution in [0.1, 0.15) is 28.9 Å². The third-order valence-corrected chi connectivity index (χ3v) is 3.79. The molecule has 2 aromatic rings. The minimum Gasteiger partial charge on any atom is -0.376 e. The Morgan fingerprint density at radius 2 is 2.22 bits per heavy atom. The van der Waals surface area contributed by atoms with Crippen LogP contribution in [0.25, 0.3) is 0 Å². The van der Waals surface area contributed by atoms with E-state index < -0.39 is 0 Å². The normalized spacial score (nSPS) is 17.0. The van der Waals surface area contributed by atoms with E-state index in [2.05, 4.69) is 20.6 Å². The largest absolute Gasteiger partial charge is 0.376 e. The van der Waals surface area contributed by atoms with Crippen LogP contribution < -0.4 is 10.6 Å². The third kappa shape index (κ3) is 4.04. The molecule has 1 aromatic heterocycles. The van der Waals surface area contributed by atoms with Crippen LogP contribution >= 0.6 is 0 Å². The highest BCUT2D eigenvalue weighted by molar-refractivity contribution is 6.03. The first kappa shape index (κ1) is 15.4. The minimum absolute atomic E-state index is 0.197.